The summed E-state index contributed by atoms with van der Waals surface area (Å²) >= 11 is 1.45. The van der Waals surface area contributed by atoms with E-state index in [1.807, 2.05) is 36.6 Å². The summed E-state index contributed by atoms with van der Waals surface area (Å²) < 4.78 is 18.4. The quantitative estimate of drug-likeness (QED) is 0.319. The second-order valence-electron chi connectivity index (χ2n) is 7.23. The summed E-state index contributed by atoms with van der Waals surface area (Å²) in [7, 11) is 1.63. The van der Waals surface area contributed by atoms with E-state index in [1.165, 1.54) is 11.3 Å². The molecule has 0 unspecified atom stereocenters. The normalized spacial score (nSPS) is 10.9. The van der Waals surface area contributed by atoms with Gasteiger partial charge in [0, 0.05) is 16.5 Å². The SMILES string of the molecule is CCCCOc1ccc(C(=O)Nc2nc3scc(-c4ccc(OC)cc4)n3n2)cc1OCC. The molecule has 0 aliphatic heterocycles. The molecule has 172 valence electrons. The van der Waals surface area contributed by atoms with Gasteiger partial charge in [-0.1, -0.05) is 13.3 Å². The Hall–Kier alpha value is -3.59. The average molecular weight is 467 g/mol. The molecular formula is C24H26N4O4S. The third-order valence-electron chi connectivity index (χ3n) is 4.95. The molecule has 0 saturated heterocycles. The fourth-order valence-corrected chi connectivity index (χ4v) is 4.06. The predicted molar refractivity (Wildman–Crippen MR) is 129 cm³/mol. The Morgan fingerprint density at radius 2 is 1.91 bits per heavy atom. The molecule has 0 atom stereocenters. The highest BCUT2D eigenvalue weighted by Crippen LogP contribution is 2.30. The standard InChI is InChI=1S/C24H26N4O4S/c1-4-6-13-32-20-12-9-17(14-21(20)31-5-2)22(29)25-23-26-24-28(27-23)19(15-33-24)16-7-10-18(30-3)11-8-16/h7-12,14-15H,4-6,13H2,1-3H3,(H,25,27,29). The third-order valence-corrected chi connectivity index (χ3v) is 5.77. The Morgan fingerprint density at radius 3 is 2.64 bits per heavy atom. The molecule has 0 aliphatic rings. The largest absolute Gasteiger partial charge is 0.497 e. The molecular weight excluding hydrogens is 440 g/mol. The molecule has 0 spiro atoms. The number of benzene rings is 2. The molecule has 1 N–H and O–H groups in total. The van der Waals surface area contributed by atoms with Crippen LogP contribution in [0.15, 0.2) is 47.8 Å². The van der Waals surface area contributed by atoms with E-state index in [2.05, 4.69) is 22.3 Å². The van der Waals surface area contributed by atoms with Crippen molar-refractivity contribution in [3.05, 3.63) is 53.4 Å². The van der Waals surface area contributed by atoms with E-state index in [0.29, 0.717) is 35.2 Å². The summed E-state index contributed by atoms with van der Waals surface area (Å²) in [6.45, 7) is 5.08. The molecule has 0 saturated carbocycles. The van der Waals surface area contributed by atoms with E-state index in [0.717, 1.165) is 29.8 Å². The number of unbranched alkanes of at least 4 members (excludes halogenated alkanes) is 1. The summed E-state index contributed by atoms with van der Waals surface area (Å²) in [5, 5.41) is 9.24. The number of nitrogens with one attached hydrogen (secondary N) is 1. The van der Waals surface area contributed by atoms with Gasteiger partial charge in [-0.2, -0.15) is 4.98 Å². The van der Waals surface area contributed by atoms with Crippen LogP contribution in [0.25, 0.3) is 16.2 Å². The Morgan fingerprint density at radius 1 is 1.09 bits per heavy atom. The summed E-state index contributed by atoms with van der Waals surface area (Å²) in [6.07, 6.45) is 2.00. The number of nitrogens with zero attached hydrogens (tertiary/aromatic N) is 3. The van der Waals surface area contributed by atoms with Gasteiger partial charge < -0.3 is 14.2 Å². The van der Waals surface area contributed by atoms with Crippen molar-refractivity contribution in [3.8, 4) is 28.5 Å². The van der Waals surface area contributed by atoms with Crippen molar-refractivity contribution in [2.24, 2.45) is 0 Å². The van der Waals surface area contributed by atoms with Crippen molar-refractivity contribution >= 4 is 28.2 Å². The van der Waals surface area contributed by atoms with E-state index in [1.54, 1.807) is 29.8 Å². The monoisotopic (exact) mass is 466 g/mol. The Balaban J connectivity index is 1.52. The van der Waals surface area contributed by atoms with Gasteiger partial charge in [-0.3, -0.25) is 10.1 Å². The van der Waals surface area contributed by atoms with Crippen molar-refractivity contribution in [1.29, 1.82) is 0 Å². The zero-order chi connectivity index (χ0) is 23.2. The van der Waals surface area contributed by atoms with Crippen LogP contribution in [-0.2, 0) is 0 Å². The van der Waals surface area contributed by atoms with Crippen LogP contribution in [0.4, 0.5) is 5.95 Å². The molecule has 2 aromatic carbocycles. The molecule has 8 nitrogen and oxygen atoms in total. The summed E-state index contributed by atoms with van der Waals surface area (Å²) in [5.74, 6) is 1.88. The predicted octanol–water partition coefficient (Wildman–Crippen LogP) is 5.30. The van der Waals surface area contributed by atoms with Crippen LogP contribution in [0.2, 0.25) is 0 Å². The zero-order valence-corrected chi connectivity index (χ0v) is 19.6. The number of ether oxygens (including phenoxy) is 3. The van der Waals surface area contributed by atoms with Gasteiger partial charge in [0.2, 0.25) is 4.96 Å². The fraction of sp³-hybridized carbons (Fsp3) is 0.292. The van der Waals surface area contributed by atoms with Gasteiger partial charge in [-0.15, -0.1) is 16.4 Å². The molecule has 4 aromatic rings. The Kier molecular flexibility index (Phi) is 7.09. The summed E-state index contributed by atoms with van der Waals surface area (Å²) in [5.41, 5.74) is 2.30. The highest BCUT2D eigenvalue weighted by molar-refractivity contribution is 7.15. The van der Waals surface area contributed by atoms with Gasteiger partial charge in [0.05, 0.1) is 26.0 Å². The molecule has 0 radical (unpaired) electrons. The number of thiazole rings is 1. The number of carbonyl (C=O) groups excluding carboxylic acids is 1. The topological polar surface area (TPSA) is 87.0 Å². The van der Waals surface area contributed by atoms with Gasteiger partial charge in [-0.05, 0) is 55.8 Å². The third kappa shape index (κ3) is 5.09. The van der Waals surface area contributed by atoms with Gasteiger partial charge >= 0.3 is 0 Å². The molecule has 0 aliphatic carbocycles. The second kappa shape index (κ2) is 10.4. The van der Waals surface area contributed by atoms with Crippen LogP contribution in [-0.4, -0.2) is 40.8 Å². The molecule has 1 amide bonds. The number of methoxy groups -OCH3 is 1. The van der Waals surface area contributed by atoms with Crippen LogP contribution in [0.3, 0.4) is 0 Å². The minimum absolute atomic E-state index is 0.239. The smallest absolute Gasteiger partial charge is 0.258 e. The Labute approximate surface area is 196 Å². The van der Waals surface area contributed by atoms with E-state index >= 15 is 0 Å². The first kappa shape index (κ1) is 22.6. The lowest BCUT2D eigenvalue weighted by Gasteiger charge is -2.13. The zero-order valence-electron chi connectivity index (χ0n) is 18.8. The van der Waals surface area contributed by atoms with Crippen LogP contribution in [0.5, 0.6) is 17.2 Å². The van der Waals surface area contributed by atoms with Crippen molar-refractivity contribution < 1.29 is 19.0 Å². The first-order valence-corrected chi connectivity index (χ1v) is 11.7. The van der Waals surface area contributed by atoms with E-state index in [4.69, 9.17) is 14.2 Å². The maximum Gasteiger partial charge on any atom is 0.258 e. The van der Waals surface area contributed by atoms with Crippen LogP contribution >= 0.6 is 11.3 Å². The number of anilines is 1. The van der Waals surface area contributed by atoms with Crippen molar-refractivity contribution in [3.63, 3.8) is 0 Å². The van der Waals surface area contributed by atoms with Gasteiger partial charge in [-0.25, -0.2) is 4.52 Å². The highest BCUT2D eigenvalue weighted by Gasteiger charge is 2.16. The molecule has 33 heavy (non-hydrogen) atoms. The minimum atomic E-state index is -0.319. The van der Waals surface area contributed by atoms with Crippen LogP contribution in [0.1, 0.15) is 37.0 Å². The molecule has 9 heteroatoms. The number of amides is 1. The molecule has 2 aromatic heterocycles. The average Bonchev–Trinajstić information content (AvgIpc) is 3.40. The number of carbonyl (C=O) groups is 1. The van der Waals surface area contributed by atoms with Crippen molar-refractivity contribution in [1.82, 2.24) is 14.6 Å². The van der Waals surface area contributed by atoms with Crippen molar-refractivity contribution in [2.45, 2.75) is 26.7 Å². The molecule has 2 heterocycles. The maximum absolute atomic E-state index is 12.9. The van der Waals surface area contributed by atoms with E-state index < -0.39 is 0 Å². The van der Waals surface area contributed by atoms with Crippen molar-refractivity contribution in [2.75, 3.05) is 25.6 Å². The first-order chi connectivity index (χ1) is 16.1. The van der Waals surface area contributed by atoms with E-state index in [-0.39, 0.29) is 11.9 Å². The number of aromatic nitrogens is 3. The van der Waals surface area contributed by atoms with Gasteiger partial charge in [0.15, 0.2) is 11.5 Å². The molecule has 0 bridgehead atoms. The lowest BCUT2D eigenvalue weighted by atomic mass is 10.2. The lowest BCUT2D eigenvalue weighted by molar-refractivity contribution is 0.102. The minimum Gasteiger partial charge on any atom is -0.497 e. The maximum atomic E-state index is 12.9. The first-order valence-electron chi connectivity index (χ1n) is 10.8. The lowest BCUT2D eigenvalue weighted by Crippen LogP contribution is -2.13. The highest BCUT2D eigenvalue weighted by atomic mass is 32.1. The number of fused-ring (bicyclic) bond motifs is 1. The number of rotatable bonds is 10. The Bertz CT molecular complexity index is 1230. The van der Waals surface area contributed by atoms with Crippen LogP contribution in [0, 0.1) is 0 Å². The van der Waals surface area contributed by atoms with E-state index in [9.17, 15) is 4.79 Å². The molecule has 4 rings (SSSR count). The van der Waals surface area contributed by atoms with Crippen LogP contribution < -0.4 is 19.5 Å². The summed E-state index contributed by atoms with van der Waals surface area (Å²) in [6, 6.07) is 12.9. The fourth-order valence-electron chi connectivity index (χ4n) is 3.23. The second-order valence-corrected chi connectivity index (χ2v) is 8.07. The molecule has 0 fully saturated rings. The van der Waals surface area contributed by atoms with Gasteiger partial charge in [0.1, 0.15) is 5.75 Å². The number of hydrogen-bond acceptors (Lipinski definition) is 7. The number of hydrogen-bond donors (Lipinski definition) is 1. The summed E-state index contributed by atoms with van der Waals surface area (Å²) in [4.78, 5) is 18.0. The van der Waals surface area contributed by atoms with Gasteiger partial charge in [0.25, 0.3) is 11.9 Å².